The fourth-order valence-electron chi connectivity index (χ4n) is 4.95. The average molecular weight is 684 g/mol. The Morgan fingerprint density at radius 2 is 0.545 bits per heavy atom. The molecule has 44 heavy (non-hydrogen) atoms. The van der Waals surface area contributed by atoms with Crippen molar-refractivity contribution in [3.05, 3.63) is 44.5 Å². The summed E-state index contributed by atoms with van der Waals surface area (Å²) in [4.78, 5) is 0. The Hall–Kier alpha value is -2.71. The summed E-state index contributed by atoms with van der Waals surface area (Å²) in [6.07, 6.45) is -52.7. The van der Waals surface area contributed by atoms with Crippen molar-refractivity contribution >= 4 is 18.6 Å². The van der Waals surface area contributed by atoms with Crippen LogP contribution in [-0.2, 0) is 48.5 Å². The maximum absolute atomic E-state index is 14.4. The van der Waals surface area contributed by atoms with Gasteiger partial charge in [-0.05, 0) is 10.9 Å². The van der Waals surface area contributed by atoms with E-state index in [1.54, 1.807) is 0 Å². The molecule has 0 aliphatic rings. The molecule has 0 amide bonds. The maximum Gasteiger partial charge on any atom is 0.417 e. The Balaban J connectivity index is 4.13. The molecule has 0 bridgehead atoms. The summed E-state index contributed by atoms with van der Waals surface area (Å²) in [5.74, 6) is 0. The molecular weight excluding hydrogens is 674 g/mol. The molecule has 0 spiro atoms. The topological polar surface area (TPSA) is 0 Å². The van der Waals surface area contributed by atoms with Gasteiger partial charge in [0.2, 0.25) is 0 Å². The second kappa shape index (κ2) is 10.4. The minimum absolute atomic E-state index is 0.0506. The summed E-state index contributed by atoms with van der Waals surface area (Å²) in [6, 6.07) is 0. The van der Waals surface area contributed by atoms with Gasteiger partial charge in [-0.1, -0.05) is 26.7 Å². The molecule has 22 heteroatoms. The van der Waals surface area contributed by atoms with Crippen molar-refractivity contribution in [1.82, 2.24) is 0 Å². The van der Waals surface area contributed by atoms with Crippen LogP contribution in [0.5, 0.6) is 0 Å². The van der Waals surface area contributed by atoms with Gasteiger partial charge in [0.1, 0.15) is 0 Å². The Bertz CT molecular complexity index is 1420. The van der Waals surface area contributed by atoms with Crippen LogP contribution >= 0.6 is 0 Å². The molecule has 2 rings (SSSR count). The number of halogens is 21. The van der Waals surface area contributed by atoms with Crippen LogP contribution in [0, 0.1) is 0 Å². The fourth-order valence-corrected chi connectivity index (χ4v) is 4.95. The quantitative estimate of drug-likeness (QED) is 0.223. The molecule has 1 unspecified atom stereocenters. The lowest BCUT2D eigenvalue weighted by Gasteiger charge is -2.37. The SMILES string of the molecule is [B]C(C)(CCC)c1c(C(F)(F)F)c(C(F)(F)F)c2c(C(F)(F)F)c(C(F)(F)F)c(C(F)(F)F)c(C(F)(F)F)c2c1C(F)(F)F. The monoisotopic (exact) mass is 684 g/mol. The van der Waals surface area contributed by atoms with Crippen LogP contribution in [0.15, 0.2) is 0 Å². The first-order valence-corrected chi connectivity index (χ1v) is 11.1. The summed E-state index contributed by atoms with van der Waals surface area (Å²) in [7, 11) is 5.38. The van der Waals surface area contributed by atoms with Gasteiger partial charge >= 0.3 is 43.2 Å². The summed E-state index contributed by atoms with van der Waals surface area (Å²) in [5, 5.41) is -11.6. The van der Waals surface area contributed by atoms with E-state index in [0.717, 1.165) is 6.92 Å². The molecule has 0 aliphatic heterocycles. The third-order valence-electron chi connectivity index (χ3n) is 6.07. The molecule has 0 fully saturated rings. The van der Waals surface area contributed by atoms with Crippen LogP contribution in [0.3, 0.4) is 0 Å². The van der Waals surface area contributed by atoms with Crippen molar-refractivity contribution in [2.75, 3.05) is 0 Å². The van der Waals surface area contributed by atoms with E-state index < -0.39 is 117 Å². The first-order valence-electron chi connectivity index (χ1n) is 11.1. The molecule has 2 aromatic rings. The number of rotatable bonds is 3. The number of fused-ring (bicyclic) bond motifs is 1. The van der Waals surface area contributed by atoms with Crippen LogP contribution in [0.25, 0.3) is 10.8 Å². The molecule has 0 saturated heterocycles. The maximum atomic E-state index is 14.4. The Morgan fingerprint density at radius 1 is 0.364 bits per heavy atom. The van der Waals surface area contributed by atoms with E-state index in [1.807, 2.05) is 0 Å². The minimum atomic E-state index is -7.41. The summed E-state index contributed by atoms with van der Waals surface area (Å²) >= 11 is 0. The van der Waals surface area contributed by atoms with E-state index in [2.05, 4.69) is 0 Å². The number of alkyl halides is 21. The third-order valence-corrected chi connectivity index (χ3v) is 6.07. The van der Waals surface area contributed by atoms with Crippen LogP contribution in [0.2, 0.25) is 0 Å². The largest absolute Gasteiger partial charge is 0.417 e. The van der Waals surface area contributed by atoms with E-state index in [4.69, 9.17) is 7.85 Å². The summed E-state index contributed by atoms with van der Waals surface area (Å²) in [6.45, 7) is 0.951. The zero-order valence-electron chi connectivity index (χ0n) is 20.9. The van der Waals surface area contributed by atoms with Gasteiger partial charge < -0.3 is 0 Å². The lowest BCUT2D eigenvalue weighted by atomic mass is 9.59. The van der Waals surface area contributed by atoms with Gasteiger partial charge in [-0.25, -0.2) is 0 Å². The predicted octanol–water partition coefficient (Wildman–Crippen LogP) is 11.2. The molecule has 0 saturated carbocycles. The highest BCUT2D eigenvalue weighted by Gasteiger charge is 2.61. The zero-order chi connectivity index (χ0) is 35.2. The molecule has 248 valence electrons. The van der Waals surface area contributed by atoms with Gasteiger partial charge in [-0.2, -0.15) is 92.2 Å². The smallest absolute Gasteiger partial charge is 0.166 e. The molecule has 0 aliphatic carbocycles. The van der Waals surface area contributed by atoms with Gasteiger partial charge in [-0.3, -0.25) is 0 Å². The minimum Gasteiger partial charge on any atom is -0.166 e. The van der Waals surface area contributed by atoms with Crippen molar-refractivity contribution in [2.45, 2.75) is 75.2 Å². The standard InChI is InChI=1S/C22H10BF21/c1-3-4-15(2,23)11-7(16(24,25)26)5-6(8(17(27,28)29)12(11)20(36,37)38)10(19(33,34)35)14(22(42,43)44)13(21(39,40)41)9(5)18(30,31)32/h3-4H2,1-2H3. The summed E-state index contributed by atoms with van der Waals surface area (Å²) < 4.78 is 297. The van der Waals surface area contributed by atoms with Gasteiger partial charge in [0.05, 0.1) is 46.8 Å². The van der Waals surface area contributed by atoms with Crippen LogP contribution in [0.4, 0.5) is 92.2 Å². The first-order chi connectivity index (χ1) is 19.0. The van der Waals surface area contributed by atoms with Gasteiger partial charge in [0.15, 0.2) is 0 Å². The average Bonchev–Trinajstić information content (AvgIpc) is 2.70. The molecule has 0 heterocycles. The van der Waals surface area contributed by atoms with E-state index in [-0.39, 0.29) is 6.92 Å². The Labute approximate surface area is 231 Å². The van der Waals surface area contributed by atoms with E-state index in [0.29, 0.717) is 0 Å². The third kappa shape index (κ3) is 6.62. The number of hydrogen-bond acceptors (Lipinski definition) is 0. The second-order valence-corrected chi connectivity index (χ2v) is 9.40. The molecule has 2 radical (unpaired) electrons. The predicted molar refractivity (Wildman–Crippen MR) is 107 cm³/mol. The van der Waals surface area contributed by atoms with Gasteiger partial charge in [0.25, 0.3) is 0 Å². The summed E-state index contributed by atoms with van der Waals surface area (Å²) in [5.41, 5.74) is -33.1. The fraction of sp³-hybridized carbons (Fsp3) is 0.545. The normalized spacial score (nSPS) is 16.1. The van der Waals surface area contributed by atoms with Crippen molar-refractivity contribution in [3.63, 3.8) is 0 Å². The molecule has 0 N–H and O–H groups in total. The Morgan fingerprint density at radius 3 is 0.727 bits per heavy atom. The van der Waals surface area contributed by atoms with Crippen LogP contribution < -0.4 is 0 Å². The highest BCUT2D eigenvalue weighted by Crippen LogP contribution is 2.61. The molecule has 0 aromatic heterocycles. The molecule has 2 aromatic carbocycles. The van der Waals surface area contributed by atoms with E-state index >= 15 is 0 Å². The van der Waals surface area contributed by atoms with E-state index in [9.17, 15) is 92.2 Å². The van der Waals surface area contributed by atoms with Crippen LogP contribution in [-0.4, -0.2) is 7.85 Å². The van der Waals surface area contributed by atoms with Gasteiger partial charge in [0, 0.05) is 10.8 Å². The first kappa shape index (κ1) is 37.5. The molecular formula is C22H10BF21. The number of hydrogen-bond donors (Lipinski definition) is 0. The Kier molecular flexibility index (Phi) is 8.87. The van der Waals surface area contributed by atoms with E-state index in [1.165, 1.54) is 0 Å². The highest BCUT2D eigenvalue weighted by molar-refractivity contribution is 6.17. The van der Waals surface area contributed by atoms with Crippen molar-refractivity contribution in [1.29, 1.82) is 0 Å². The van der Waals surface area contributed by atoms with Crippen molar-refractivity contribution in [3.8, 4) is 0 Å². The van der Waals surface area contributed by atoms with Crippen molar-refractivity contribution < 1.29 is 92.2 Å². The lowest BCUT2D eigenvalue weighted by molar-refractivity contribution is -0.182. The molecule has 0 nitrogen and oxygen atoms in total. The number of benzene rings is 2. The zero-order valence-corrected chi connectivity index (χ0v) is 20.9. The van der Waals surface area contributed by atoms with Gasteiger partial charge in [-0.15, -0.1) is 0 Å². The lowest BCUT2D eigenvalue weighted by Crippen LogP contribution is -2.36. The molecule has 1 atom stereocenters. The van der Waals surface area contributed by atoms with Crippen molar-refractivity contribution in [2.24, 2.45) is 0 Å². The van der Waals surface area contributed by atoms with Crippen LogP contribution in [0.1, 0.15) is 71.2 Å². The highest BCUT2D eigenvalue weighted by atomic mass is 19.4. The second-order valence-electron chi connectivity index (χ2n) is 9.40.